The number of anilines is 1. The molecule has 2 amide bonds. The lowest BCUT2D eigenvalue weighted by molar-refractivity contribution is -0.138. The number of piperidine rings is 1. The Kier molecular flexibility index (Phi) is 4.43. The van der Waals surface area contributed by atoms with Crippen LogP contribution in [0.5, 0.6) is 0 Å². The number of hydrogen-bond donors (Lipinski definition) is 1. The van der Waals surface area contributed by atoms with Gasteiger partial charge in [-0.2, -0.15) is 0 Å². The summed E-state index contributed by atoms with van der Waals surface area (Å²) < 4.78 is 0. The molecule has 0 aromatic heterocycles. The number of nitrogens with one attached hydrogen (secondary N) is 1. The fourth-order valence-corrected chi connectivity index (χ4v) is 2.47. The van der Waals surface area contributed by atoms with Gasteiger partial charge in [-0.1, -0.05) is 11.6 Å². The number of carbonyl (C=O) groups is 2. The second-order valence-electron chi connectivity index (χ2n) is 4.72. The van der Waals surface area contributed by atoms with Crippen molar-refractivity contribution in [2.45, 2.75) is 32.2 Å². The molecule has 1 heterocycles. The Morgan fingerprint density at radius 3 is 2.58 bits per heavy atom. The molecular weight excluding hydrogens is 264 g/mol. The van der Waals surface area contributed by atoms with Crippen LogP contribution in [0.15, 0.2) is 24.3 Å². The second-order valence-corrected chi connectivity index (χ2v) is 5.16. The minimum absolute atomic E-state index is 0.0454. The predicted octanol–water partition coefficient (Wildman–Crippen LogP) is 2.68. The molecule has 0 saturated carbocycles. The molecule has 0 spiro atoms. The fraction of sp³-hybridized carbons (Fsp3) is 0.429. The van der Waals surface area contributed by atoms with Crippen molar-refractivity contribution in [1.29, 1.82) is 0 Å². The molecule has 1 N–H and O–H groups in total. The SMILES string of the molecule is CC(=O)N1CCCCC1C(=O)Nc1ccc(Cl)cc1. The molecule has 1 fully saturated rings. The van der Waals surface area contributed by atoms with Crippen molar-refractivity contribution in [3.63, 3.8) is 0 Å². The van der Waals surface area contributed by atoms with Gasteiger partial charge < -0.3 is 10.2 Å². The Labute approximate surface area is 117 Å². The van der Waals surface area contributed by atoms with Gasteiger partial charge in [-0.3, -0.25) is 9.59 Å². The molecule has 0 radical (unpaired) electrons. The Bertz CT molecular complexity index is 473. The Morgan fingerprint density at radius 2 is 1.95 bits per heavy atom. The molecule has 1 unspecified atom stereocenters. The summed E-state index contributed by atoms with van der Waals surface area (Å²) in [5.74, 6) is -0.173. The van der Waals surface area contributed by atoms with Crippen molar-refractivity contribution in [3.8, 4) is 0 Å². The van der Waals surface area contributed by atoms with Crippen molar-refractivity contribution in [2.75, 3.05) is 11.9 Å². The monoisotopic (exact) mass is 280 g/mol. The molecule has 1 aliphatic heterocycles. The van der Waals surface area contributed by atoms with Crippen LogP contribution in [0.3, 0.4) is 0 Å². The Hall–Kier alpha value is -1.55. The summed E-state index contributed by atoms with van der Waals surface area (Å²) in [6, 6.07) is 6.59. The number of halogens is 1. The molecule has 4 nitrogen and oxygen atoms in total. The van der Waals surface area contributed by atoms with E-state index < -0.39 is 0 Å². The molecule has 1 aliphatic rings. The third-order valence-electron chi connectivity index (χ3n) is 3.32. The van der Waals surface area contributed by atoms with Gasteiger partial charge in [0.2, 0.25) is 11.8 Å². The summed E-state index contributed by atoms with van der Waals surface area (Å²) in [5, 5.41) is 3.46. The number of nitrogens with zero attached hydrogens (tertiary/aromatic N) is 1. The molecule has 102 valence electrons. The van der Waals surface area contributed by atoms with Crippen molar-refractivity contribution in [2.24, 2.45) is 0 Å². The standard InChI is InChI=1S/C14H17ClN2O2/c1-10(18)17-9-3-2-4-13(17)14(19)16-12-7-5-11(15)6-8-12/h5-8,13H,2-4,9H2,1H3,(H,16,19). The number of likely N-dealkylation sites (tertiary alicyclic amines) is 1. The van der Waals surface area contributed by atoms with Crippen LogP contribution >= 0.6 is 11.6 Å². The normalized spacial score (nSPS) is 19.1. The van der Waals surface area contributed by atoms with Gasteiger partial charge >= 0.3 is 0 Å². The lowest BCUT2D eigenvalue weighted by atomic mass is 10.0. The predicted molar refractivity (Wildman–Crippen MR) is 75.1 cm³/mol. The summed E-state index contributed by atoms with van der Waals surface area (Å²) in [7, 11) is 0. The van der Waals surface area contributed by atoms with E-state index >= 15 is 0 Å². The van der Waals surface area contributed by atoms with Gasteiger partial charge in [0, 0.05) is 24.2 Å². The van der Waals surface area contributed by atoms with Crippen molar-refractivity contribution < 1.29 is 9.59 Å². The third kappa shape index (κ3) is 3.47. The van der Waals surface area contributed by atoms with E-state index in [1.54, 1.807) is 29.2 Å². The van der Waals surface area contributed by atoms with Gasteiger partial charge in [-0.15, -0.1) is 0 Å². The zero-order valence-corrected chi connectivity index (χ0v) is 11.6. The largest absolute Gasteiger partial charge is 0.331 e. The van der Waals surface area contributed by atoms with E-state index in [-0.39, 0.29) is 17.9 Å². The molecule has 1 aromatic carbocycles. The lowest BCUT2D eigenvalue weighted by Gasteiger charge is -2.33. The number of amides is 2. The van der Waals surface area contributed by atoms with Gasteiger partial charge in [0.25, 0.3) is 0 Å². The third-order valence-corrected chi connectivity index (χ3v) is 3.57. The summed E-state index contributed by atoms with van der Waals surface area (Å²) in [6.45, 7) is 2.17. The molecular formula is C14H17ClN2O2. The minimum atomic E-state index is -0.359. The number of rotatable bonds is 2. The van der Waals surface area contributed by atoms with Crippen LogP contribution in [0.4, 0.5) is 5.69 Å². The average Bonchev–Trinajstić information content (AvgIpc) is 2.41. The first kappa shape index (κ1) is 13.9. The van der Waals surface area contributed by atoms with E-state index in [9.17, 15) is 9.59 Å². The zero-order valence-electron chi connectivity index (χ0n) is 10.9. The highest BCUT2D eigenvalue weighted by Crippen LogP contribution is 2.20. The fourth-order valence-electron chi connectivity index (χ4n) is 2.34. The first-order chi connectivity index (χ1) is 9.08. The summed E-state index contributed by atoms with van der Waals surface area (Å²) in [6.07, 6.45) is 2.66. The molecule has 0 bridgehead atoms. The topological polar surface area (TPSA) is 49.4 Å². The molecule has 5 heteroatoms. The maximum atomic E-state index is 12.2. The first-order valence-electron chi connectivity index (χ1n) is 6.41. The van der Waals surface area contributed by atoms with E-state index in [0.717, 1.165) is 19.3 Å². The summed E-state index contributed by atoms with van der Waals surface area (Å²) in [5.41, 5.74) is 0.698. The van der Waals surface area contributed by atoms with Crippen LogP contribution in [0, 0.1) is 0 Å². The highest BCUT2D eigenvalue weighted by atomic mass is 35.5. The minimum Gasteiger partial charge on any atom is -0.331 e. The Balaban J connectivity index is 2.05. The van der Waals surface area contributed by atoms with Crippen LogP contribution in [0.1, 0.15) is 26.2 Å². The van der Waals surface area contributed by atoms with E-state index in [1.807, 2.05) is 0 Å². The highest BCUT2D eigenvalue weighted by Gasteiger charge is 2.30. The van der Waals surface area contributed by atoms with Crippen molar-refractivity contribution in [1.82, 2.24) is 4.90 Å². The molecule has 0 aliphatic carbocycles. The first-order valence-corrected chi connectivity index (χ1v) is 6.79. The van der Waals surface area contributed by atoms with Crippen LogP contribution in [0.2, 0.25) is 5.02 Å². The van der Waals surface area contributed by atoms with Crippen LogP contribution in [-0.4, -0.2) is 29.3 Å². The highest BCUT2D eigenvalue weighted by molar-refractivity contribution is 6.30. The van der Waals surface area contributed by atoms with Crippen LogP contribution in [0.25, 0.3) is 0 Å². The maximum absolute atomic E-state index is 12.2. The van der Waals surface area contributed by atoms with Gasteiger partial charge in [0.05, 0.1) is 0 Å². The van der Waals surface area contributed by atoms with E-state index in [2.05, 4.69) is 5.32 Å². The summed E-state index contributed by atoms with van der Waals surface area (Å²) >= 11 is 5.80. The van der Waals surface area contributed by atoms with Gasteiger partial charge in [-0.25, -0.2) is 0 Å². The van der Waals surface area contributed by atoms with Crippen molar-refractivity contribution >= 4 is 29.1 Å². The van der Waals surface area contributed by atoms with E-state index in [4.69, 9.17) is 11.6 Å². The molecule has 2 rings (SSSR count). The maximum Gasteiger partial charge on any atom is 0.247 e. The average molecular weight is 281 g/mol. The number of benzene rings is 1. The second kappa shape index (κ2) is 6.06. The molecule has 1 saturated heterocycles. The van der Waals surface area contributed by atoms with Gasteiger partial charge in [0.15, 0.2) is 0 Å². The van der Waals surface area contributed by atoms with Gasteiger partial charge in [-0.05, 0) is 43.5 Å². The molecule has 1 aromatic rings. The number of carbonyl (C=O) groups excluding carboxylic acids is 2. The quantitative estimate of drug-likeness (QED) is 0.905. The Morgan fingerprint density at radius 1 is 1.26 bits per heavy atom. The van der Waals surface area contributed by atoms with Crippen LogP contribution in [-0.2, 0) is 9.59 Å². The number of hydrogen-bond acceptors (Lipinski definition) is 2. The lowest BCUT2D eigenvalue weighted by Crippen LogP contribution is -2.49. The summed E-state index contributed by atoms with van der Waals surface area (Å²) in [4.78, 5) is 25.4. The molecule has 1 atom stereocenters. The molecule has 19 heavy (non-hydrogen) atoms. The van der Waals surface area contributed by atoms with E-state index in [0.29, 0.717) is 17.3 Å². The van der Waals surface area contributed by atoms with Crippen LogP contribution < -0.4 is 5.32 Å². The smallest absolute Gasteiger partial charge is 0.247 e. The van der Waals surface area contributed by atoms with Crippen molar-refractivity contribution in [3.05, 3.63) is 29.3 Å². The van der Waals surface area contributed by atoms with Gasteiger partial charge in [0.1, 0.15) is 6.04 Å². The zero-order chi connectivity index (χ0) is 13.8. The van der Waals surface area contributed by atoms with E-state index in [1.165, 1.54) is 6.92 Å².